The van der Waals surface area contributed by atoms with Crippen molar-refractivity contribution in [3.05, 3.63) is 42.2 Å². The van der Waals surface area contributed by atoms with E-state index in [9.17, 15) is 8.42 Å². The van der Waals surface area contributed by atoms with E-state index >= 15 is 0 Å². The van der Waals surface area contributed by atoms with Crippen molar-refractivity contribution in [2.45, 2.75) is 5.75 Å². The summed E-state index contributed by atoms with van der Waals surface area (Å²) in [5.41, 5.74) is 1.08. The molecule has 0 atom stereocenters. The van der Waals surface area contributed by atoms with E-state index < -0.39 is 9.05 Å². The van der Waals surface area contributed by atoms with Gasteiger partial charge in [-0.05, 0) is 12.1 Å². The molecule has 0 N–H and O–H groups in total. The van der Waals surface area contributed by atoms with Crippen molar-refractivity contribution < 1.29 is 8.42 Å². The Kier molecular flexibility index (Phi) is 2.93. The van der Waals surface area contributed by atoms with Crippen molar-refractivity contribution in [3.8, 4) is 5.69 Å². The zero-order valence-electron chi connectivity index (χ0n) is 8.12. The van der Waals surface area contributed by atoms with Crippen molar-refractivity contribution in [3.63, 3.8) is 0 Å². The van der Waals surface area contributed by atoms with Crippen LogP contribution in [0.5, 0.6) is 0 Å². The fraction of sp³-hybridized carbons (Fsp3) is 0.111. The fourth-order valence-electron chi connectivity index (χ4n) is 1.22. The summed E-state index contributed by atoms with van der Waals surface area (Å²) in [6.07, 6.45) is 1.38. The highest BCUT2D eigenvalue weighted by Crippen LogP contribution is 2.08. The fourth-order valence-corrected chi connectivity index (χ4v) is 2.04. The van der Waals surface area contributed by atoms with Crippen molar-refractivity contribution in [2.75, 3.05) is 0 Å². The second kappa shape index (κ2) is 4.23. The summed E-state index contributed by atoms with van der Waals surface area (Å²) < 4.78 is 21.7. The zero-order valence-corrected chi connectivity index (χ0v) is 9.69. The van der Waals surface area contributed by atoms with Crippen LogP contribution in [0, 0.1) is 0 Å². The molecule has 0 spiro atoms. The Bertz CT molecular complexity index is 580. The molecule has 0 bridgehead atoms. The van der Waals surface area contributed by atoms with Gasteiger partial charge in [0.05, 0.1) is 17.6 Å². The molecular weight excluding hydrogens is 250 g/mol. The van der Waals surface area contributed by atoms with E-state index in [-0.39, 0.29) is 5.75 Å². The number of hydrogen-bond donors (Lipinski definition) is 0. The van der Waals surface area contributed by atoms with Gasteiger partial charge in [-0.1, -0.05) is 18.2 Å². The van der Waals surface area contributed by atoms with E-state index in [0.29, 0.717) is 5.69 Å². The van der Waals surface area contributed by atoms with Gasteiger partial charge in [0, 0.05) is 10.7 Å². The first kappa shape index (κ1) is 11.1. The minimum Gasteiger partial charge on any atom is -0.212 e. The molecule has 0 aliphatic heterocycles. The van der Waals surface area contributed by atoms with E-state index in [1.807, 2.05) is 30.3 Å². The maximum atomic E-state index is 10.8. The van der Waals surface area contributed by atoms with E-state index in [0.717, 1.165) is 5.69 Å². The summed E-state index contributed by atoms with van der Waals surface area (Å²) in [7, 11) is 1.53. The third-order valence-corrected chi connectivity index (χ3v) is 2.81. The lowest BCUT2D eigenvalue weighted by molar-refractivity contribution is 0.608. The van der Waals surface area contributed by atoms with Crippen LogP contribution in [0.1, 0.15) is 5.69 Å². The molecule has 84 valence electrons. The molecule has 5 nitrogen and oxygen atoms in total. The largest absolute Gasteiger partial charge is 0.238 e. The SMILES string of the molecule is O=S(=O)(Cl)Cc1cnn(-c2ccccc2)n1. The summed E-state index contributed by atoms with van der Waals surface area (Å²) in [6, 6.07) is 9.20. The van der Waals surface area contributed by atoms with Gasteiger partial charge < -0.3 is 0 Å². The molecule has 1 heterocycles. The molecular formula is C9H8ClN3O2S. The minimum atomic E-state index is -3.59. The van der Waals surface area contributed by atoms with Crippen LogP contribution in [-0.2, 0) is 14.8 Å². The topological polar surface area (TPSA) is 64.8 Å². The third kappa shape index (κ3) is 2.80. The maximum Gasteiger partial charge on any atom is 0.238 e. The van der Waals surface area contributed by atoms with Crippen LogP contribution in [0.15, 0.2) is 36.5 Å². The van der Waals surface area contributed by atoms with E-state index in [2.05, 4.69) is 10.2 Å². The van der Waals surface area contributed by atoms with Gasteiger partial charge in [-0.3, -0.25) is 0 Å². The van der Waals surface area contributed by atoms with E-state index in [1.54, 1.807) is 0 Å². The lowest BCUT2D eigenvalue weighted by atomic mass is 10.3. The first-order valence-corrected chi connectivity index (χ1v) is 6.91. The Balaban J connectivity index is 2.27. The second-order valence-electron chi connectivity index (χ2n) is 3.14. The molecule has 16 heavy (non-hydrogen) atoms. The Morgan fingerprint density at radius 3 is 2.56 bits per heavy atom. The monoisotopic (exact) mass is 257 g/mol. The molecule has 0 aliphatic carbocycles. The van der Waals surface area contributed by atoms with Gasteiger partial charge >= 0.3 is 0 Å². The van der Waals surface area contributed by atoms with E-state index in [1.165, 1.54) is 11.0 Å². The van der Waals surface area contributed by atoms with Gasteiger partial charge in [-0.15, -0.1) is 0 Å². The molecule has 0 unspecified atom stereocenters. The summed E-state index contributed by atoms with van der Waals surface area (Å²) >= 11 is 0. The number of para-hydroxylation sites is 1. The van der Waals surface area contributed by atoms with Crippen LogP contribution in [0.2, 0.25) is 0 Å². The number of rotatable bonds is 3. The summed E-state index contributed by atoms with van der Waals surface area (Å²) in [5.74, 6) is -0.318. The van der Waals surface area contributed by atoms with Crippen LogP contribution in [0.3, 0.4) is 0 Å². The highest BCUT2D eigenvalue weighted by atomic mass is 35.7. The molecule has 7 heteroatoms. The predicted octanol–water partition coefficient (Wildman–Crippen LogP) is 1.34. The molecule has 0 aliphatic rings. The number of aromatic nitrogens is 3. The third-order valence-electron chi connectivity index (χ3n) is 1.85. The van der Waals surface area contributed by atoms with Crippen LogP contribution in [-0.4, -0.2) is 23.4 Å². The van der Waals surface area contributed by atoms with E-state index in [4.69, 9.17) is 10.7 Å². The molecule has 1 aromatic heterocycles. The summed E-state index contributed by atoms with van der Waals surface area (Å²) in [6.45, 7) is 0. The van der Waals surface area contributed by atoms with Crippen molar-refractivity contribution >= 4 is 19.7 Å². The minimum absolute atomic E-state index is 0.318. The van der Waals surface area contributed by atoms with Crippen LogP contribution in [0.25, 0.3) is 5.69 Å². The standard InChI is InChI=1S/C9H8ClN3O2S/c10-16(14,15)7-8-6-11-13(12-8)9-4-2-1-3-5-9/h1-6H,7H2. The predicted molar refractivity (Wildman–Crippen MR) is 59.8 cm³/mol. The molecule has 0 saturated carbocycles. The highest BCUT2D eigenvalue weighted by molar-refractivity contribution is 8.13. The first-order valence-electron chi connectivity index (χ1n) is 4.43. The molecule has 0 amide bonds. The molecule has 2 rings (SSSR count). The number of benzene rings is 1. The van der Waals surface area contributed by atoms with Crippen molar-refractivity contribution in [1.82, 2.24) is 15.0 Å². The Labute approximate surface area is 97.1 Å². The number of halogens is 1. The lowest BCUT2D eigenvalue weighted by Crippen LogP contribution is -2.00. The first-order chi connectivity index (χ1) is 7.54. The quantitative estimate of drug-likeness (QED) is 0.779. The van der Waals surface area contributed by atoms with Gasteiger partial charge in [-0.2, -0.15) is 15.0 Å². The number of nitrogens with zero attached hydrogens (tertiary/aromatic N) is 3. The van der Waals surface area contributed by atoms with Gasteiger partial charge in [0.2, 0.25) is 9.05 Å². The molecule has 0 fully saturated rings. The van der Waals surface area contributed by atoms with Gasteiger partial charge in [0.15, 0.2) is 0 Å². The van der Waals surface area contributed by atoms with Gasteiger partial charge in [0.1, 0.15) is 5.75 Å². The highest BCUT2D eigenvalue weighted by Gasteiger charge is 2.11. The van der Waals surface area contributed by atoms with Crippen LogP contribution in [0.4, 0.5) is 0 Å². The van der Waals surface area contributed by atoms with Crippen LogP contribution >= 0.6 is 10.7 Å². The molecule has 1 aromatic carbocycles. The van der Waals surface area contributed by atoms with Crippen LogP contribution < -0.4 is 0 Å². The van der Waals surface area contributed by atoms with Crippen molar-refractivity contribution in [2.24, 2.45) is 0 Å². The Morgan fingerprint density at radius 2 is 1.94 bits per heavy atom. The number of hydrogen-bond acceptors (Lipinski definition) is 4. The summed E-state index contributed by atoms with van der Waals surface area (Å²) in [4.78, 5) is 1.36. The van der Waals surface area contributed by atoms with Gasteiger partial charge in [0.25, 0.3) is 0 Å². The van der Waals surface area contributed by atoms with Crippen molar-refractivity contribution in [1.29, 1.82) is 0 Å². The average Bonchev–Trinajstić information content (AvgIpc) is 2.65. The molecule has 0 saturated heterocycles. The lowest BCUT2D eigenvalue weighted by Gasteiger charge is -1.97. The van der Waals surface area contributed by atoms with Gasteiger partial charge in [-0.25, -0.2) is 8.42 Å². The maximum absolute atomic E-state index is 10.8. The zero-order chi connectivity index (χ0) is 11.6. The Hall–Kier alpha value is -1.40. The average molecular weight is 258 g/mol. The normalized spacial score (nSPS) is 11.6. The smallest absolute Gasteiger partial charge is 0.212 e. The Morgan fingerprint density at radius 1 is 1.25 bits per heavy atom. The molecule has 2 aromatic rings. The second-order valence-corrected chi connectivity index (χ2v) is 5.92. The molecule has 0 radical (unpaired) electrons. The summed E-state index contributed by atoms with van der Waals surface area (Å²) in [5, 5.41) is 7.96.